The molecule has 1 unspecified atom stereocenters. The Bertz CT molecular complexity index is 1060. The van der Waals surface area contributed by atoms with Crippen LogP contribution in [0.3, 0.4) is 0 Å². The first kappa shape index (κ1) is 22.7. The smallest absolute Gasteiger partial charge is 0.0713 e. The Labute approximate surface area is 194 Å². The van der Waals surface area contributed by atoms with Gasteiger partial charge in [0.1, 0.15) is 0 Å². The van der Waals surface area contributed by atoms with E-state index >= 15 is 0 Å². The van der Waals surface area contributed by atoms with E-state index in [0.29, 0.717) is 6.04 Å². The molecule has 1 aliphatic rings. The van der Waals surface area contributed by atoms with Crippen molar-refractivity contribution in [2.24, 2.45) is 0 Å². The Morgan fingerprint density at radius 1 is 0.906 bits per heavy atom. The van der Waals surface area contributed by atoms with Gasteiger partial charge >= 0.3 is 0 Å². The van der Waals surface area contributed by atoms with Crippen LogP contribution in [0.5, 0.6) is 0 Å². The molecular weight excluding hydrogens is 388 g/mol. The Morgan fingerprint density at radius 3 is 2.28 bits per heavy atom. The summed E-state index contributed by atoms with van der Waals surface area (Å²) in [6.45, 7) is 9.94. The van der Waals surface area contributed by atoms with Crippen LogP contribution in [0, 0.1) is 6.92 Å². The first-order valence-electron chi connectivity index (χ1n) is 12.5. The van der Waals surface area contributed by atoms with Crippen LogP contribution in [0.4, 0.5) is 0 Å². The fourth-order valence-electron chi connectivity index (χ4n) is 5.54. The highest BCUT2D eigenvalue weighted by Gasteiger charge is 2.25. The maximum Gasteiger partial charge on any atom is 0.0713 e. The van der Waals surface area contributed by atoms with Crippen molar-refractivity contribution in [2.45, 2.75) is 78.8 Å². The molecule has 0 fully saturated rings. The molecule has 2 nitrogen and oxygen atoms in total. The van der Waals surface area contributed by atoms with E-state index in [0.717, 1.165) is 31.5 Å². The van der Waals surface area contributed by atoms with Crippen molar-refractivity contribution >= 4 is 0 Å². The lowest BCUT2D eigenvalue weighted by Crippen LogP contribution is -2.28. The fourth-order valence-corrected chi connectivity index (χ4v) is 5.54. The second kappa shape index (κ2) is 10.0. The van der Waals surface area contributed by atoms with Crippen molar-refractivity contribution in [3.8, 4) is 11.3 Å². The molecule has 1 atom stereocenters. The van der Waals surface area contributed by atoms with Crippen LogP contribution in [-0.4, -0.2) is 16.9 Å². The van der Waals surface area contributed by atoms with Gasteiger partial charge in [0.25, 0.3) is 0 Å². The Hall–Kier alpha value is -2.45. The minimum absolute atomic E-state index is 0.497. The molecule has 0 saturated carbocycles. The summed E-state index contributed by atoms with van der Waals surface area (Å²) in [4.78, 5) is 7.74. The molecule has 0 radical (unpaired) electrons. The second-order valence-electron chi connectivity index (χ2n) is 9.26. The van der Waals surface area contributed by atoms with Gasteiger partial charge in [-0.1, -0.05) is 63.2 Å². The fraction of sp³-hybridized carbons (Fsp3) is 0.433. The third kappa shape index (κ3) is 4.38. The molecule has 1 aromatic heterocycles. The van der Waals surface area contributed by atoms with Crippen molar-refractivity contribution < 1.29 is 0 Å². The summed E-state index contributed by atoms with van der Waals surface area (Å²) in [5.41, 5.74) is 12.4. The minimum Gasteiger partial charge on any atom is -0.295 e. The number of hydrogen-bond donors (Lipinski definition) is 0. The van der Waals surface area contributed by atoms with Gasteiger partial charge in [0.15, 0.2) is 0 Å². The maximum absolute atomic E-state index is 5.19. The number of aryl methyl sites for hydroxylation is 5. The Morgan fingerprint density at radius 2 is 1.59 bits per heavy atom. The van der Waals surface area contributed by atoms with E-state index in [4.69, 9.17) is 4.98 Å². The predicted molar refractivity (Wildman–Crippen MR) is 136 cm³/mol. The summed E-state index contributed by atoms with van der Waals surface area (Å²) in [5.74, 6) is 0. The minimum atomic E-state index is 0.497. The van der Waals surface area contributed by atoms with Crippen molar-refractivity contribution in [3.05, 3.63) is 87.6 Å². The molecule has 0 bridgehead atoms. The van der Waals surface area contributed by atoms with Gasteiger partial charge in [0, 0.05) is 23.8 Å². The third-order valence-corrected chi connectivity index (χ3v) is 7.34. The zero-order chi connectivity index (χ0) is 22.7. The molecule has 0 N–H and O–H groups in total. The average molecular weight is 427 g/mol. The summed E-state index contributed by atoms with van der Waals surface area (Å²) < 4.78 is 0. The predicted octanol–water partition coefficient (Wildman–Crippen LogP) is 7.25. The summed E-state index contributed by atoms with van der Waals surface area (Å²) in [5, 5.41) is 0. The molecule has 168 valence electrons. The van der Waals surface area contributed by atoms with Gasteiger partial charge in [-0.3, -0.25) is 9.88 Å². The van der Waals surface area contributed by atoms with Crippen LogP contribution < -0.4 is 0 Å². The largest absolute Gasteiger partial charge is 0.295 e. The van der Waals surface area contributed by atoms with Gasteiger partial charge in [-0.05, 0) is 91.9 Å². The van der Waals surface area contributed by atoms with E-state index in [-0.39, 0.29) is 0 Å². The molecule has 0 aliphatic heterocycles. The molecule has 2 aromatic carbocycles. The quantitative estimate of drug-likeness (QED) is 0.395. The second-order valence-corrected chi connectivity index (χ2v) is 9.26. The van der Waals surface area contributed by atoms with Gasteiger partial charge in [0.05, 0.1) is 5.69 Å². The first-order valence-corrected chi connectivity index (χ1v) is 12.5. The maximum atomic E-state index is 5.19. The lowest BCUT2D eigenvalue weighted by Gasteiger charge is -2.34. The third-order valence-electron chi connectivity index (χ3n) is 7.34. The van der Waals surface area contributed by atoms with E-state index in [1.54, 1.807) is 0 Å². The average Bonchev–Trinajstić information content (AvgIpc) is 2.83. The molecule has 32 heavy (non-hydrogen) atoms. The lowest BCUT2D eigenvalue weighted by molar-refractivity contribution is 0.212. The molecule has 3 aromatic rings. The summed E-state index contributed by atoms with van der Waals surface area (Å²) in [6.07, 6.45) is 6.84. The zero-order valence-corrected chi connectivity index (χ0v) is 20.5. The number of benzene rings is 2. The van der Waals surface area contributed by atoms with Gasteiger partial charge < -0.3 is 0 Å². The molecule has 2 heteroatoms. The summed E-state index contributed by atoms with van der Waals surface area (Å²) >= 11 is 0. The molecule has 4 rings (SSSR count). The van der Waals surface area contributed by atoms with Crippen LogP contribution in [0.25, 0.3) is 11.3 Å². The SMILES string of the molecule is CCc1cc(-c2c(CC)cccc2CC)nc(C)c1CN(C)C1CCCc2ccccc21. The number of nitrogens with zero attached hydrogens (tertiary/aromatic N) is 2. The Kier molecular flexibility index (Phi) is 7.10. The highest BCUT2D eigenvalue weighted by molar-refractivity contribution is 5.69. The van der Waals surface area contributed by atoms with Crippen LogP contribution in [0.2, 0.25) is 0 Å². The summed E-state index contributed by atoms with van der Waals surface area (Å²) in [7, 11) is 2.29. The van der Waals surface area contributed by atoms with E-state index in [1.807, 2.05) is 0 Å². The van der Waals surface area contributed by atoms with Crippen molar-refractivity contribution in [1.29, 1.82) is 0 Å². The molecule has 0 saturated heterocycles. The van der Waals surface area contributed by atoms with Crippen LogP contribution in [0.1, 0.15) is 78.7 Å². The lowest BCUT2D eigenvalue weighted by atomic mass is 9.86. The normalized spacial score (nSPS) is 15.8. The molecule has 1 heterocycles. The molecule has 0 amide bonds. The monoisotopic (exact) mass is 426 g/mol. The van der Waals surface area contributed by atoms with Crippen LogP contribution >= 0.6 is 0 Å². The van der Waals surface area contributed by atoms with Gasteiger partial charge in [-0.25, -0.2) is 0 Å². The molecule has 1 aliphatic carbocycles. The van der Waals surface area contributed by atoms with E-state index < -0.39 is 0 Å². The topological polar surface area (TPSA) is 16.1 Å². The Balaban J connectivity index is 1.69. The van der Waals surface area contributed by atoms with E-state index in [9.17, 15) is 0 Å². The number of fused-ring (bicyclic) bond motifs is 1. The van der Waals surface area contributed by atoms with Crippen LogP contribution in [0.15, 0.2) is 48.5 Å². The molecule has 0 spiro atoms. The zero-order valence-electron chi connectivity index (χ0n) is 20.5. The first-order chi connectivity index (χ1) is 15.6. The standard InChI is InChI=1S/C30H38N2/c1-6-22-14-11-15-23(7-2)30(22)28-19-24(8-3)27(21(4)31-28)20-32(5)29-18-12-16-25-13-9-10-17-26(25)29/h9-11,13-15,17,19,29H,6-8,12,16,18,20H2,1-5H3. The number of rotatable bonds is 7. The van der Waals surface area contributed by atoms with Gasteiger partial charge in [0.2, 0.25) is 0 Å². The van der Waals surface area contributed by atoms with E-state index in [1.165, 1.54) is 63.9 Å². The molecular formula is C30H38N2. The van der Waals surface area contributed by atoms with Gasteiger partial charge in [-0.2, -0.15) is 0 Å². The highest BCUT2D eigenvalue weighted by atomic mass is 15.1. The van der Waals surface area contributed by atoms with E-state index in [2.05, 4.69) is 88.2 Å². The number of hydrogen-bond acceptors (Lipinski definition) is 2. The van der Waals surface area contributed by atoms with Gasteiger partial charge in [-0.15, -0.1) is 0 Å². The highest BCUT2D eigenvalue weighted by Crippen LogP contribution is 2.36. The van der Waals surface area contributed by atoms with Crippen molar-refractivity contribution in [3.63, 3.8) is 0 Å². The number of pyridine rings is 1. The van der Waals surface area contributed by atoms with Crippen molar-refractivity contribution in [2.75, 3.05) is 7.05 Å². The van der Waals surface area contributed by atoms with Crippen LogP contribution in [-0.2, 0) is 32.2 Å². The summed E-state index contributed by atoms with van der Waals surface area (Å²) in [6, 6.07) is 18.6. The number of aromatic nitrogens is 1. The van der Waals surface area contributed by atoms with Crippen molar-refractivity contribution in [1.82, 2.24) is 9.88 Å².